The fourth-order valence-electron chi connectivity index (χ4n) is 0.803. The third-order valence-corrected chi connectivity index (χ3v) is 3.15. The molecule has 0 atom stereocenters. The third kappa shape index (κ3) is 3.61. The Morgan fingerprint density at radius 1 is 1.19 bits per heavy atom. The molecule has 0 aromatic heterocycles. The Bertz CT molecular complexity index is 422. The number of aliphatic imine (C=N–C) groups is 1. The van der Waals surface area contributed by atoms with E-state index in [4.69, 9.17) is 23.2 Å². The normalized spacial score (nSPS) is 13.1. The van der Waals surface area contributed by atoms with Crippen molar-refractivity contribution in [1.29, 1.82) is 0 Å². The third-order valence-electron chi connectivity index (χ3n) is 1.43. The Morgan fingerprint density at radius 3 is 2.00 bits per heavy atom. The smallest absolute Gasteiger partial charge is 0.230 e. The second-order valence-electron chi connectivity index (χ2n) is 2.62. The zero-order valence-corrected chi connectivity index (χ0v) is 11.9. The minimum absolute atomic E-state index is 0.0340. The minimum Gasteiger partial charge on any atom is -0.230 e. The lowest BCUT2D eigenvalue weighted by molar-refractivity contribution is -0.0558. The molecule has 0 saturated heterocycles. The maximum Gasteiger partial charge on any atom is 0.444 e. The average molecular weight is 400 g/mol. The molecule has 0 aliphatic heterocycles. The number of rotatable bonds is 1. The van der Waals surface area contributed by atoms with Crippen LogP contribution in [0.25, 0.3) is 0 Å². The molecule has 1 aromatic rings. The number of hydrogen-bond donors (Lipinski definition) is 0. The zero-order chi connectivity index (χ0) is 12.5. The van der Waals surface area contributed by atoms with Crippen LogP contribution in [0.3, 0.4) is 0 Å². The van der Waals surface area contributed by atoms with Gasteiger partial charge in [0, 0.05) is 14.0 Å². The second-order valence-corrected chi connectivity index (χ2v) is 5.12. The van der Waals surface area contributed by atoms with Gasteiger partial charge in [0.15, 0.2) is 0 Å². The van der Waals surface area contributed by atoms with Crippen molar-refractivity contribution in [2.24, 2.45) is 4.99 Å². The SMILES string of the molecule is FC(F)(F)C(Cl)=Nc1c(Br)cc(Cl)cc1Br. The summed E-state index contributed by atoms with van der Waals surface area (Å²) in [5, 5.41) is -1.09. The van der Waals surface area contributed by atoms with Gasteiger partial charge in [-0.25, -0.2) is 4.99 Å². The highest BCUT2D eigenvalue weighted by Gasteiger charge is 2.34. The highest BCUT2D eigenvalue weighted by Crippen LogP contribution is 2.38. The summed E-state index contributed by atoms with van der Waals surface area (Å²) in [4.78, 5) is 3.28. The van der Waals surface area contributed by atoms with Crippen LogP contribution in [0.2, 0.25) is 5.02 Å². The van der Waals surface area contributed by atoms with Crippen molar-refractivity contribution in [2.45, 2.75) is 6.18 Å². The maximum absolute atomic E-state index is 12.2. The lowest BCUT2D eigenvalue weighted by atomic mass is 10.3. The van der Waals surface area contributed by atoms with Crippen molar-refractivity contribution in [3.05, 3.63) is 26.1 Å². The van der Waals surface area contributed by atoms with Crippen LogP contribution >= 0.6 is 55.1 Å². The summed E-state index contributed by atoms with van der Waals surface area (Å²) < 4.78 is 37.1. The molecule has 0 bridgehead atoms. The summed E-state index contributed by atoms with van der Waals surface area (Å²) >= 11 is 16.8. The monoisotopic (exact) mass is 397 g/mol. The van der Waals surface area contributed by atoms with Gasteiger partial charge in [0.1, 0.15) is 0 Å². The first-order chi connectivity index (χ1) is 7.21. The van der Waals surface area contributed by atoms with E-state index in [0.29, 0.717) is 14.0 Å². The quantitative estimate of drug-likeness (QED) is 0.537. The first-order valence-corrected chi connectivity index (χ1v) is 6.02. The van der Waals surface area contributed by atoms with Crippen molar-refractivity contribution in [3.63, 3.8) is 0 Å². The van der Waals surface area contributed by atoms with Gasteiger partial charge in [-0.1, -0.05) is 23.2 Å². The molecule has 1 nitrogen and oxygen atoms in total. The van der Waals surface area contributed by atoms with E-state index in [-0.39, 0.29) is 5.69 Å². The number of halogens is 7. The van der Waals surface area contributed by atoms with E-state index >= 15 is 0 Å². The summed E-state index contributed by atoms with van der Waals surface area (Å²) in [6, 6.07) is 2.84. The van der Waals surface area contributed by atoms with E-state index in [0.717, 1.165) is 0 Å². The summed E-state index contributed by atoms with van der Waals surface area (Å²) in [6.07, 6.45) is -4.67. The Morgan fingerprint density at radius 2 is 1.62 bits per heavy atom. The molecule has 88 valence electrons. The van der Waals surface area contributed by atoms with Gasteiger partial charge in [0.05, 0.1) is 5.69 Å². The highest BCUT2D eigenvalue weighted by atomic mass is 79.9. The van der Waals surface area contributed by atoms with Crippen molar-refractivity contribution in [3.8, 4) is 0 Å². The predicted octanol–water partition coefficient (Wildman–Crippen LogP) is 5.70. The molecule has 0 saturated carbocycles. The van der Waals surface area contributed by atoms with E-state index in [1.165, 1.54) is 12.1 Å². The molecule has 0 N–H and O–H groups in total. The van der Waals surface area contributed by atoms with Gasteiger partial charge >= 0.3 is 6.18 Å². The zero-order valence-electron chi connectivity index (χ0n) is 7.25. The Kier molecular flexibility index (Phi) is 4.68. The van der Waals surface area contributed by atoms with Gasteiger partial charge in [-0.05, 0) is 44.0 Å². The van der Waals surface area contributed by atoms with Crippen LogP contribution in [0.5, 0.6) is 0 Å². The van der Waals surface area contributed by atoms with Crippen LogP contribution in [0.15, 0.2) is 26.1 Å². The molecular weight excluding hydrogens is 398 g/mol. The molecule has 0 unspecified atom stereocenters. The van der Waals surface area contributed by atoms with Gasteiger partial charge in [-0.15, -0.1) is 0 Å². The van der Waals surface area contributed by atoms with Crippen LogP contribution < -0.4 is 0 Å². The average Bonchev–Trinajstić information content (AvgIpc) is 2.08. The molecule has 0 amide bonds. The van der Waals surface area contributed by atoms with Crippen LogP contribution in [0.4, 0.5) is 18.9 Å². The van der Waals surface area contributed by atoms with Crippen LogP contribution in [0.1, 0.15) is 0 Å². The topological polar surface area (TPSA) is 12.4 Å². The van der Waals surface area contributed by atoms with Crippen molar-refractivity contribution >= 4 is 65.9 Å². The maximum atomic E-state index is 12.2. The second kappa shape index (κ2) is 5.25. The van der Waals surface area contributed by atoms with Gasteiger partial charge in [0.25, 0.3) is 0 Å². The molecule has 0 aliphatic carbocycles. The van der Waals surface area contributed by atoms with Crippen molar-refractivity contribution in [2.75, 3.05) is 0 Å². The number of hydrogen-bond acceptors (Lipinski definition) is 1. The molecule has 16 heavy (non-hydrogen) atoms. The lowest BCUT2D eigenvalue weighted by Crippen LogP contribution is -2.16. The Hall–Kier alpha value is 0.220. The van der Waals surface area contributed by atoms with E-state index in [9.17, 15) is 13.2 Å². The number of alkyl halides is 3. The van der Waals surface area contributed by atoms with E-state index < -0.39 is 11.3 Å². The first-order valence-electron chi connectivity index (χ1n) is 3.67. The fourth-order valence-corrected chi connectivity index (χ4v) is 2.73. The van der Waals surface area contributed by atoms with Gasteiger partial charge in [-0.3, -0.25) is 0 Å². The largest absolute Gasteiger partial charge is 0.444 e. The summed E-state index contributed by atoms with van der Waals surface area (Å²) in [5.41, 5.74) is 0.0340. The van der Waals surface area contributed by atoms with E-state index in [2.05, 4.69) is 36.9 Å². The summed E-state index contributed by atoms with van der Waals surface area (Å²) in [7, 11) is 0. The highest BCUT2D eigenvalue weighted by molar-refractivity contribution is 9.11. The molecule has 1 aromatic carbocycles. The van der Waals surface area contributed by atoms with Crippen LogP contribution in [-0.2, 0) is 0 Å². The summed E-state index contributed by atoms with van der Waals surface area (Å²) in [6.45, 7) is 0. The van der Waals surface area contributed by atoms with Crippen LogP contribution in [0, 0.1) is 0 Å². The van der Waals surface area contributed by atoms with Gasteiger partial charge in [0.2, 0.25) is 5.17 Å². The first kappa shape index (κ1) is 14.3. The fraction of sp³-hybridized carbons (Fsp3) is 0.125. The summed E-state index contributed by atoms with van der Waals surface area (Å²) in [5.74, 6) is 0. The van der Waals surface area contributed by atoms with Gasteiger partial charge in [-0.2, -0.15) is 13.2 Å². The Labute approximate surface area is 116 Å². The standard InChI is InChI=1S/C8H2Br2Cl2F3N/c9-4-1-3(11)2-5(10)6(4)16-7(12)8(13,14)15/h1-2H. The number of nitrogens with zero attached hydrogens (tertiary/aromatic N) is 1. The van der Waals surface area contributed by atoms with Crippen molar-refractivity contribution < 1.29 is 13.2 Å². The van der Waals surface area contributed by atoms with E-state index in [1.807, 2.05) is 0 Å². The number of benzene rings is 1. The molecule has 0 radical (unpaired) electrons. The molecule has 0 aliphatic rings. The molecule has 0 fully saturated rings. The lowest BCUT2D eigenvalue weighted by Gasteiger charge is -2.06. The Balaban J connectivity index is 3.26. The minimum atomic E-state index is -4.67. The molecule has 0 spiro atoms. The molecular formula is C8H2Br2Cl2F3N. The molecule has 0 heterocycles. The predicted molar refractivity (Wildman–Crippen MR) is 65.9 cm³/mol. The van der Waals surface area contributed by atoms with Gasteiger partial charge < -0.3 is 0 Å². The van der Waals surface area contributed by atoms with Crippen molar-refractivity contribution in [1.82, 2.24) is 0 Å². The van der Waals surface area contributed by atoms with Crippen LogP contribution in [-0.4, -0.2) is 11.3 Å². The molecule has 1 rings (SSSR count). The van der Waals surface area contributed by atoms with E-state index in [1.54, 1.807) is 0 Å². The molecule has 8 heteroatoms.